The van der Waals surface area contributed by atoms with Gasteiger partial charge in [0.25, 0.3) is 0 Å². The number of aromatic nitrogens is 2. The maximum absolute atomic E-state index is 4.66. The summed E-state index contributed by atoms with van der Waals surface area (Å²) in [5.41, 5.74) is 6.50. The van der Waals surface area contributed by atoms with E-state index in [-0.39, 0.29) is 0 Å². The maximum Gasteiger partial charge on any atom is 0.0647 e. The molecular weight excluding hydrogens is 246 g/mol. The van der Waals surface area contributed by atoms with E-state index < -0.39 is 0 Å². The molecule has 1 N–H and O–H groups in total. The quantitative estimate of drug-likeness (QED) is 0.905. The van der Waals surface area contributed by atoms with E-state index in [0.717, 1.165) is 13.1 Å². The Hall–Kier alpha value is -1.61. The molecule has 3 heteroatoms. The molecule has 106 valence electrons. The van der Waals surface area contributed by atoms with Gasteiger partial charge in [0.2, 0.25) is 0 Å². The summed E-state index contributed by atoms with van der Waals surface area (Å²) in [5.74, 6) is 0. The molecule has 1 atom stereocenters. The fourth-order valence-corrected chi connectivity index (χ4v) is 3.12. The van der Waals surface area contributed by atoms with E-state index in [4.69, 9.17) is 0 Å². The third-order valence-electron chi connectivity index (χ3n) is 4.34. The third-order valence-corrected chi connectivity index (χ3v) is 4.34. The minimum atomic E-state index is 0.502. The summed E-state index contributed by atoms with van der Waals surface area (Å²) in [6, 6.07) is 7.14. The van der Waals surface area contributed by atoms with Crippen LogP contribution in [0.15, 0.2) is 24.4 Å². The Labute approximate surface area is 121 Å². The van der Waals surface area contributed by atoms with Gasteiger partial charge in [-0.15, -0.1) is 0 Å². The Balaban J connectivity index is 1.99. The third kappa shape index (κ3) is 2.38. The molecule has 0 spiro atoms. The van der Waals surface area contributed by atoms with Gasteiger partial charge in [-0.1, -0.05) is 23.8 Å². The molecule has 0 bridgehead atoms. The van der Waals surface area contributed by atoms with Gasteiger partial charge in [0.15, 0.2) is 0 Å². The average Bonchev–Trinajstić information content (AvgIpc) is 2.84. The number of benzene rings is 1. The first kappa shape index (κ1) is 13.4. The van der Waals surface area contributed by atoms with Gasteiger partial charge in [-0.3, -0.25) is 4.68 Å². The lowest BCUT2D eigenvalue weighted by Crippen LogP contribution is -2.32. The van der Waals surface area contributed by atoms with E-state index in [1.165, 1.54) is 40.8 Å². The van der Waals surface area contributed by atoms with Crippen LogP contribution >= 0.6 is 0 Å². The minimum Gasteiger partial charge on any atom is -0.315 e. The summed E-state index contributed by atoms with van der Waals surface area (Å²) >= 11 is 0. The predicted octanol–water partition coefficient (Wildman–Crippen LogP) is 3.40. The number of nitrogens with zero attached hydrogens (tertiary/aromatic N) is 2. The molecule has 0 saturated carbocycles. The van der Waals surface area contributed by atoms with E-state index in [1.807, 2.05) is 6.20 Å². The van der Waals surface area contributed by atoms with Crippen LogP contribution in [0.25, 0.3) is 11.1 Å². The molecule has 3 rings (SSSR count). The molecule has 3 nitrogen and oxygen atoms in total. The van der Waals surface area contributed by atoms with Crippen LogP contribution < -0.4 is 5.32 Å². The molecule has 0 radical (unpaired) electrons. The van der Waals surface area contributed by atoms with Crippen molar-refractivity contribution in [1.82, 2.24) is 15.1 Å². The number of nitrogens with one attached hydrogen (secondary N) is 1. The highest BCUT2D eigenvalue weighted by Crippen LogP contribution is 2.29. The normalized spacial score (nSPS) is 19.2. The summed E-state index contributed by atoms with van der Waals surface area (Å²) in [6.45, 7) is 8.69. The smallest absolute Gasteiger partial charge is 0.0647 e. The number of aryl methyl sites for hydroxylation is 2. The highest BCUT2D eigenvalue weighted by atomic mass is 15.3. The molecule has 2 aromatic rings. The number of rotatable bonds is 2. The van der Waals surface area contributed by atoms with Gasteiger partial charge in [0.05, 0.1) is 12.2 Å². The Morgan fingerprint density at radius 1 is 1.20 bits per heavy atom. The molecule has 0 amide bonds. The number of hydrogen-bond acceptors (Lipinski definition) is 2. The van der Waals surface area contributed by atoms with Crippen LogP contribution in [0.4, 0.5) is 0 Å². The first-order chi connectivity index (χ1) is 9.66. The summed E-state index contributed by atoms with van der Waals surface area (Å²) in [4.78, 5) is 0. The summed E-state index contributed by atoms with van der Waals surface area (Å²) < 4.78 is 2.21. The van der Waals surface area contributed by atoms with Gasteiger partial charge in [-0.2, -0.15) is 5.10 Å². The zero-order valence-corrected chi connectivity index (χ0v) is 12.6. The molecule has 2 heterocycles. The molecule has 1 fully saturated rings. The van der Waals surface area contributed by atoms with E-state index in [0.29, 0.717) is 6.04 Å². The largest absolute Gasteiger partial charge is 0.315 e. The predicted molar refractivity (Wildman–Crippen MR) is 83.0 cm³/mol. The second-order valence-corrected chi connectivity index (χ2v) is 5.91. The minimum absolute atomic E-state index is 0.502. The first-order valence-electron chi connectivity index (χ1n) is 7.49. The van der Waals surface area contributed by atoms with Crippen LogP contribution in [0.5, 0.6) is 0 Å². The zero-order chi connectivity index (χ0) is 14.1. The van der Waals surface area contributed by atoms with Crippen molar-refractivity contribution in [2.45, 2.75) is 39.7 Å². The van der Waals surface area contributed by atoms with Crippen molar-refractivity contribution >= 4 is 0 Å². The second-order valence-electron chi connectivity index (χ2n) is 5.91. The van der Waals surface area contributed by atoms with Crippen molar-refractivity contribution < 1.29 is 0 Å². The number of hydrogen-bond donors (Lipinski definition) is 1. The topological polar surface area (TPSA) is 29.9 Å². The summed E-state index contributed by atoms with van der Waals surface area (Å²) in [5, 5.41) is 8.13. The second kappa shape index (κ2) is 5.41. The van der Waals surface area contributed by atoms with Crippen LogP contribution in [0.1, 0.15) is 35.7 Å². The van der Waals surface area contributed by atoms with Crippen molar-refractivity contribution in [1.29, 1.82) is 0 Å². The van der Waals surface area contributed by atoms with Crippen molar-refractivity contribution in [3.63, 3.8) is 0 Å². The highest BCUT2D eigenvalue weighted by molar-refractivity contribution is 5.69. The Morgan fingerprint density at radius 2 is 2.05 bits per heavy atom. The summed E-state index contributed by atoms with van der Waals surface area (Å²) in [6.07, 6.45) is 4.50. The van der Waals surface area contributed by atoms with Gasteiger partial charge in [0, 0.05) is 17.8 Å². The Kier molecular flexibility index (Phi) is 3.62. The van der Waals surface area contributed by atoms with Gasteiger partial charge in [0.1, 0.15) is 0 Å². The van der Waals surface area contributed by atoms with Crippen LogP contribution in [-0.4, -0.2) is 22.9 Å². The monoisotopic (exact) mass is 269 g/mol. The van der Waals surface area contributed by atoms with Crippen LogP contribution in [0.3, 0.4) is 0 Å². The first-order valence-corrected chi connectivity index (χ1v) is 7.49. The SMILES string of the molecule is Cc1ccc(C)c(-c2cnn(C3CCCNC3)c2C)c1. The van der Waals surface area contributed by atoms with Gasteiger partial charge < -0.3 is 5.32 Å². The van der Waals surface area contributed by atoms with Crippen LogP contribution in [-0.2, 0) is 0 Å². The van der Waals surface area contributed by atoms with Crippen molar-refractivity contribution in [3.05, 3.63) is 41.2 Å². The van der Waals surface area contributed by atoms with Gasteiger partial charge in [-0.05, 0) is 51.3 Å². The summed E-state index contributed by atoms with van der Waals surface area (Å²) in [7, 11) is 0. The lowest BCUT2D eigenvalue weighted by atomic mass is 9.99. The zero-order valence-electron chi connectivity index (χ0n) is 12.6. The van der Waals surface area contributed by atoms with E-state index >= 15 is 0 Å². The fraction of sp³-hybridized carbons (Fsp3) is 0.471. The standard InChI is InChI=1S/C17H23N3/c1-12-6-7-13(2)16(9-12)17-11-19-20(14(17)3)15-5-4-8-18-10-15/h6-7,9,11,15,18H,4-5,8,10H2,1-3H3. The lowest BCUT2D eigenvalue weighted by Gasteiger charge is -2.24. The Morgan fingerprint density at radius 3 is 2.80 bits per heavy atom. The molecule has 1 unspecified atom stereocenters. The highest BCUT2D eigenvalue weighted by Gasteiger charge is 2.19. The number of piperidine rings is 1. The van der Waals surface area contributed by atoms with E-state index in [9.17, 15) is 0 Å². The molecule has 20 heavy (non-hydrogen) atoms. The van der Waals surface area contributed by atoms with Crippen molar-refractivity contribution in [2.75, 3.05) is 13.1 Å². The molecular formula is C17H23N3. The molecule has 1 aromatic carbocycles. The molecule has 0 aliphatic carbocycles. The molecule has 1 saturated heterocycles. The van der Waals surface area contributed by atoms with Gasteiger partial charge in [-0.25, -0.2) is 0 Å². The Bertz CT molecular complexity index is 607. The van der Waals surface area contributed by atoms with Crippen molar-refractivity contribution in [2.24, 2.45) is 0 Å². The molecule has 1 aliphatic heterocycles. The van der Waals surface area contributed by atoms with E-state index in [1.54, 1.807) is 0 Å². The molecule has 1 aromatic heterocycles. The molecule has 1 aliphatic rings. The lowest BCUT2D eigenvalue weighted by molar-refractivity contribution is 0.342. The maximum atomic E-state index is 4.66. The van der Waals surface area contributed by atoms with Crippen LogP contribution in [0, 0.1) is 20.8 Å². The van der Waals surface area contributed by atoms with E-state index in [2.05, 4.69) is 54.1 Å². The average molecular weight is 269 g/mol. The van der Waals surface area contributed by atoms with Crippen molar-refractivity contribution in [3.8, 4) is 11.1 Å². The van der Waals surface area contributed by atoms with Gasteiger partial charge >= 0.3 is 0 Å². The fourth-order valence-electron chi connectivity index (χ4n) is 3.12. The van der Waals surface area contributed by atoms with Crippen LogP contribution in [0.2, 0.25) is 0 Å².